The third-order valence-electron chi connectivity index (χ3n) is 5.27. The number of nitrogens with zero attached hydrogens (tertiary/aromatic N) is 3. The molecule has 140 valence electrons. The largest absolute Gasteiger partial charge is 0.337 e. The average molecular weight is 360 g/mol. The molecule has 0 aromatic heterocycles. The van der Waals surface area contributed by atoms with Gasteiger partial charge in [-0.1, -0.05) is 6.42 Å². The maximum Gasteiger partial charge on any atom is 0.219 e. The molecule has 1 amide bonds. The summed E-state index contributed by atoms with van der Waals surface area (Å²) in [7, 11) is -3.24. The number of hydrogen-bond acceptors (Lipinski definition) is 4. The lowest BCUT2D eigenvalue weighted by Gasteiger charge is -2.40. The first kappa shape index (κ1) is 19.7. The Morgan fingerprint density at radius 1 is 1.12 bits per heavy atom. The van der Waals surface area contributed by atoms with Gasteiger partial charge in [0.15, 0.2) is 0 Å². The minimum absolute atomic E-state index is 0.00886. The van der Waals surface area contributed by atoms with Gasteiger partial charge in [-0.3, -0.25) is 4.79 Å². The van der Waals surface area contributed by atoms with Crippen LogP contribution in [-0.4, -0.2) is 79.0 Å². The van der Waals surface area contributed by atoms with Crippen LogP contribution in [0.1, 0.15) is 52.9 Å². The molecule has 2 rings (SSSR count). The van der Waals surface area contributed by atoms with Crippen LogP contribution in [-0.2, 0) is 14.8 Å². The van der Waals surface area contributed by atoms with Gasteiger partial charge in [-0.2, -0.15) is 4.31 Å². The van der Waals surface area contributed by atoms with Crippen LogP contribution in [0, 0.1) is 0 Å². The minimum Gasteiger partial charge on any atom is -0.337 e. The van der Waals surface area contributed by atoms with E-state index in [2.05, 4.69) is 4.90 Å². The summed E-state index contributed by atoms with van der Waals surface area (Å²) in [5, 5.41) is -0.407. The molecule has 6 nitrogen and oxygen atoms in total. The molecule has 1 atom stereocenters. The number of likely N-dealkylation sites (tertiary alicyclic amines) is 1. The van der Waals surface area contributed by atoms with Crippen molar-refractivity contribution in [3.63, 3.8) is 0 Å². The highest BCUT2D eigenvalue weighted by molar-refractivity contribution is 7.89. The highest BCUT2D eigenvalue weighted by Gasteiger charge is 2.34. The van der Waals surface area contributed by atoms with Crippen molar-refractivity contribution >= 4 is 15.9 Å². The molecule has 2 aliphatic rings. The summed E-state index contributed by atoms with van der Waals surface area (Å²) in [6.07, 6.45) is 5.50. The Hall–Kier alpha value is -0.660. The zero-order valence-electron chi connectivity index (χ0n) is 15.4. The van der Waals surface area contributed by atoms with Crippen LogP contribution in [0.5, 0.6) is 0 Å². The van der Waals surface area contributed by atoms with E-state index < -0.39 is 15.3 Å². The molecule has 0 saturated carbocycles. The number of piperidine rings is 2. The van der Waals surface area contributed by atoms with E-state index in [0.717, 1.165) is 32.5 Å². The fraction of sp³-hybridized carbons (Fsp3) is 0.941. The molecule has 7 heteroatoms. The van der Waals surface area contributed by atoms with Gasteiger partial charge in [-0.15, -0.1) is 0 Å². The molecule has 0 aliphatic carbocycles. The van der Waals surface area contributed by atoms with Crippen molar-refractivity contribution in [1.82, 2.24) is 14.1 Å². The van der Waals surface area contributed by atoms with Crippen LogP contribution in [0.25, 0.3) is 0 Å². The summed E-state index contributed by atoms with van der Waals surface area (Å²) in [5.74, 6) is 0.0563. The van der Waals surface area contributed by atoms with Crippen LogP contribution >= 0.6 is 0 Å². The number of hydrogen-bond donors (Lipinski definition) is 0. The molecule has 0 aromatic rings. The molecular weight excluding hydrogens is 326 g/mol. The fourth-order valence-corrected chi connectivity index (χ4v) is 5.09. The average Bonchev–Trinajstić information content (AvgIpc) is 2.56. The van der Waals surface area contributed by atoms with Crippen molar-refractivity contribution in [2.75, 3.05) is 39.3 Å². The van der Waals surface area contributed by atoms with Gasteiger partial charge in [-0.05, 0) is 52.6 Å². The molecular formula is C17H33N3O3S. The Morgan fingerprint density at radius 2 is 1.79 bits per heavy atom. The van der Waals surface area contributed by atoms with E-state index in [-0.39, 0.29) is 11.9 Å². The van der Waals surface area contributed by atoms with Crippen LogP contribution in [0.15, 0.2) is 0 Å². The van der Waals surface area contributed by atoms with Gasteiger partial charge < -0.3 is 9.80 Å². The molecule has 0 spiro atoms. The van der Waals surface area contributed by atoms with Gasteiger partial charge in [0.05, 0.1) is 5.25 Å². The van der Waals surface area contributed by atoms with Crippen LogP contribution in [0.4, 0.5) is 0 Å². The van der Waals surface area contributed by atoms with Gasteiger partial charge in [0.25, 0.3) is 0 Å². The van der Waals surface area contributed by atoms with Crippen LogP contribution in [0.3, 0.4) is 0 Å². The first-order valence-electron chi connectivity index (χ1n) is 9.31. The highest BCUT2D eigenvalue weighted by Crippen LogP contribution is 2.21. The van der Waals surface area contributed by atoms with Crippen molar-refractivity contribution in [2.45, 2.75) is 64.2 Å². The predicted molar refractivity (Wildman–Crippen MR) is 96.3 cm³/mol. The summed E-state index contributed by atoms with van der Waals surface area (Å²) in [6, 6.07) is 0.00886. The van der Waals surface area contributed by atoms with E-state index >= 15 is 0 Å². The Balaban J connectivity index is 1.97. The normalized spacial score (nSPS) is 24.2. The summed E-state index contributed by atoms with van der Waals surface area (Å²) >= 11 is 0. The monoisotopic (exact) mass is 359 g/mol. The number of carbonyl (C=O) groups is 1. The van der Waals surface area contributed by atoms with Gasteiger partial charge in [0.2, 0.25) is 15.9 Å². The number of rotatable bonds is 6. The molecule has 0 aromatic carbocycles. The lowest BCUT2D eigenvalue weighted by atomic mass is 10.1. The quantitative estimate of drug-likeness (QED) is 0.721. The lowest BCUT2D eigenvalue weighted by Crippen LogP contribution is -2.53. The summed E-state index contributed by atoms with van der Waals surface area (Å²) in [5.41, 5.74) is 0. The molecule has 2 saturated heterocycles. The maximum atomic E-state index is 12.4. The second-order valence-electron chi connectivity index (χ2n) is 7.36. The van der Waals surface area contributed by atoms with Crippen molar-refractivity contribution in [3.8, 4) is 0 Å². The minimum atomic E-state index is -3.24. The maximum absolute atomic E-state index is 12.4. The zero-order chi connectivity index (χ0) is 17.7. The highest BCUT2D eigenvalue weighted by atomic mass is 32.2. The van der Waals surface area contributed by atoms with Crippen molar-refractivity contribution < 1.29 is 13.2 Å². The second-order valence-corrected chi connectivity index (χ2v) is 9.85. The Labute approximate surface area is 147 Å². The predicted octanol–water partition coefficient (Wildman–Crippen LogP) is 1.52. The van der Waals surface area contributed by atoms with E-state index in [4.69, 9.17) is 0 Å². The van der Waals surface area contributed by atoms with Gasteiger partial charge in [0, 0.05) is 39.1 Å². The summed E-state index contributed by atoms with van der Waals surface area (Å²) in [6.45, 7) is 9.90. The molecule has 24 heavy (non-hydrogen) atoms. The van der Waals surface area contributed by atoms with Crippen LogP contribution < -0.4 is 0 Å². The van der Waals surface area contributed by atoms with E-state index in [1.807, 2.05) is 4.90 Å². The Kier molecular flexibility index (Phi) is 7.07. The zero-order valence-corrected chi connectivity index (χ0v) is 16.2. The summed E-state index contributed by atoms with van der Waals surface area (Å²) in [4.78, 5) is 16.5. The topological polar surface area (TPSA) is 60.9 Å². The fourth-order valence-electron chi connectivity index (χ4n) is 3.73. The molecule has 0 radical (unpaired) electrons. The molecule has 0 unspecified atom stereocenters. The standard InChI is InChI=1S/C17H33N3O3S/c1-15(2)24(22,23)19-11-7-8-17(14-19)20(16(3)21)13-12-18-9-5-4-6-10-18/h15,17H,4-14H2,1-3H3/t17-/m0/s1. The van der Waals surface area contributed by atoms with E-state index in [1.165, 1.54) is 19.3 Å². The number of amides is 1. The lowest BCUT2D eigenvalue weighted by molar-refractivity contribution is -0.132. The second kappa shape index (κ2) is 8.63. The van der Waals surface area contributed by atoms with E-state index in [1.54, 1.807) is 25.1 Å². The third-order valence-corrected chi connectivity index (χ3v) is 7.51. The van der Waals surface area contributed by atoms with Crippen molar-refractivity contribution in [2.24, 2.45) is 0 Å². The third kappa shape index (κ3) is 4.92. The Morgan fingerprint density at radius 3 is 2.38 bits per heavy atom. The Bertz CT molecular complexity index is 515. The molecule has 0 bridgehead atoms. The van der Waals surface area contributed by atoms with E-state index in [9.17, 15) is 13.2 Å². The van der Waals surface area contributed by atoms with Gasteiger partial charge >= 0.3 is 0 Å². The molecule has 2 fully saturated rings. The van der Waals surface area contributed by atoms with Crippen molar-refractivity contribution in [3.05, 3.63) is 0 Å². The van der Waals surface area contributed by atoms with Crippen LogP contribution in [0.2, 0.25) is 0 Å². The SMILES string of the molecule is CC(=O)N(CCN1CCCCC1)[C@H]1CCCN(S(=O)(=O)C(C)C)C1. The van der Waals surface area contributed by atoms with Crippen molar-refractivity contribution in [1.29, 1.82) is 0 Å². The number of sulfonamides is 1. The first-order valence-corrected chi connectivity index (χ1v) is 10.8. The molecule has 0 N–H and O–H groups in total. The molecule has 2 aliphatic heterocycles. The number of carbonyl (C=O) groups excluding carboxylic acids is 1. The van der Waals surface area contributed by atoms with E-state index in [0.29, 0.717) is 19.6 Å². The van der Waals surface area contributed by atoms with Gasteiger partial charge in [0.1, 0.15) is 0 Å². The molecule has 2 heterocycles. The smallest absolute Gasteiger partial charge is 0.219 e. The summed E-state index contributed by atoms with van der Waals surface area (Å²) < 4.78 is 26.5. The first-order chi connectivity index (χ1) is 11.3. The van der Waals surface area contributed by atoms with Gasteiger partial charge in [-0.25, -0.2) is 8.42 Å².